The Hall–Kier alpha value is -7.82. The molecule has 60 heavy (non-hydrogen) atoms. The fraction of sp³-hybridized carbons (Fsp3) is 0.0357. The van der Waals surface area contributed by atoms with Gasteiger partial charge >= 0.3 is 0 Å². The Bertz CT molecular complexity index is 3570. The Morgan fingerprint density at radius 3 is 0.583 bits per heavy atom. The Morgan fingerprint density at radius 1 is 0.200 bits per heavy atom. The first-order valence-electron chi connectivity index (χ1n) is 20.8. The van der Waals surface area contributed by atoms with Gasteiger partial charge in [0.1, 0.15) is 0 Å². The van der Waals surface area contributed by atoms with E-state index in [4.69, 9.17) is 0 Å². The smallest absolute Gasteiger partial charge is 0.0954 e. The zero-order valence-corrected chi connectivity index (χ0v) is 33.3. The van der Waals surface area contributed by atoms with Gasteiger partial charge in [0.25, 0.3) is 0 Å². The van der Waals surface area contributed by atoms with Gasteiger partial charge in [-0.15, -0.1) is 0 Å². The third kappa shape index (κ3) is 4.29. The van der Waals surface area contributed by atoms with Gasteiger partial charge in [0.05, 0.1) is 66.9 Å². The van der Waals surface area contributed by atoms with Crippen molar-refractivity contribution in [2.24, 2.45) is 0 Å². The third-order valence-electron chi connectivity index (χ3n) is 13.1. The molecule has 13 rings (SSSR count). The first-order chi connectivity index (χ1) is 29.7. The van der Waals surface area contributed by atoms with E-state index < -0.39 is 0 Å². The van der Waals surface area contributed by atoms with Crippen LogP contribution in [0, 0.1) is 13.8 Å². The molecule has 4 aromatic heterocycles. The molecular formula is C56H38N4. The molecule has 0 unspecified atom stereocenters. The summed E-state index contributed by atoms with van der Waals surface area (Å²) in [7, 11) is 0. The lowest BCUT2D eigenvalue weighted by Gasteiger charge is -2.29. The van der Waals surface area contributed by atoms with Gasteiger partial charge in [-0.25, -0.2) is 0 Å². The summed E-state index contributed by atoms with van der Waals surface area (Å²) in [6, 6.07) is 71.4. The molecule has 282 valence electrons. The average Bonchev–Trinajstić information content (AvgIpc) is 4.02. The van der Waals surface area contributed by atoms with Crippen molar-refractivity contribution < 1.29 is 0 Å². The number of benzene rings is 9. The highest BCUT2D eigenvalue weighted by atomic mass is 15.1. The lowest BCUT2D eigenvalue weighted by atomic mass is 9.99. The Morgan fingerprint density at radius 2 is 0.367 bits per heavy atom. The molecular weight excluding hydrogens is 729 g/mol. The molecule has 0 bridgehead atoms. The van der Waals surface area contributed by atoms with Crippen LogP contribution in [0.5, 0.6) is 0 Å². The summed E-state index contributed by atoms with van der Waals surface area (Å²) < 4.78 is 10.2. The summed E-state index contributed by atoms with van der Waals surface area (Å²) >= 11 is 0. The average molecular weight is 767 g/mol. The standard InChI is InChI=1S/C56H38N4/c1-35-53(57-45-27-11-3-19-37(45)38-20-4-12-28-46(38)57)36(2)55(59-49-31-15-7-23-41(49)42-24-8-16-32-50(42)59)56(60-51-33-17-9-25-43(51)44-26-10-18-34-52(44)60)54(35)58-47-29-13-5-21-39(47)40-22-6-14-30-48(40)58/h3-34H,1-2H3. The number of hydrogen-bond acceptors (Lipinski definition) is 0. The van der Waals surface area contributed by atoms with E-state index in [1.165, 1.54) is 104 Å². The first kappa shape index (κ1) is 33.2. The quantitative estimate of drug-likeness (QED) is 0.170. The van der Waals surface area contributed by atoms with Crippen LogP contribution >= 0.6 is 0 Å². The van der Waals surface area contributed by atoms with Crippen molar-refractivity contribution in [1.82, 2.24) is 18.3 Å². The lowest BCUT2D eigenvalue weighted by molar-refractivity contribution is 0.998. The number of aromatic nitrogens is 4. The first-order valence-corrected chi connectivity index (χ1v) is 20.8. The predicted molar refractivity (Wildman–Crippen MR) is 253 cm³/mol. The number of rotatable bonds is 4. The molecule has 4 heterocycles. The van der Waals surface area contributed by atoms with Gasteiger partial charge in [-0.2, -0.15) is 0 Å². The number of fused-ring (bicyclic) bond motifs is 12. The maximum absolute atomic E-state index is 2.57. The van der Waals surface area contributed by atoms with Crippen LogP contribution in [0.15, 0.2) is 194 Å². The SMILES string of the molecule is Cc1c(-n2c3ccccc3c3ccccc32)c(C)c(-n2c3ccccc3c3ccccc32)c(-n2c3ccccc3c3ccccc32)c1-n1c2ccccc2c2ccccc21. The van der Waals surface area contributed by atoms with E-state index in [1.807, 2.05) is 0 Å². The van der Waals surface area contributed by atoms with Crippen LogP contribution in [0.4, 0.5) is 0 Å². The van der Waals surface area contributed by atoms with Gasteiger partial charge in [0, 0.05) is 43.1 Å². The molecule has 0 atom stereocenters. The predicted octanol–water partition coefficient (Wildman–Crippen LogP) is 14.7. The summed E-state index contributed by atoms with van der Waals surface area (Å²) in [5.74, 6) is 0. The van der Waals surface area contributed by atoms with Crippen molar-refractivity contribution in [1.29, 1.82) is 0 Å². The van der Waals surface area contributed by atoms with E-state index in [0.29, 0.717) is 0 Å². The van der Waals surface area contributed by atoms with E-state index >= 15 is 0 Å². The van der Waals surface area contributed by atoms with Crippen molar-refractivity contribution in [3.8, 4) is 22.7 Å². The zero-order chi connectivity index (χ0) is 39.6. The van der Waals surface area contributed by atoms with Gasteiger partial charge in [-0.05, 0) is 73.5 Å². The van der Waals surface area contributed by atoms with Crippen molar-refractivity contribution >= 4 is 87.2 Å². The van der Waals surface area contributed by atoms with Gasteiger partial charge in [-0.3, -0.25) is 0 Å². The van der Waals surface area contributed by atoms with E-state index in [1.54, 1.807) is 0 Å². The van der Waals surface area contributed by atoms with Crippen molar-refractivity contribution in [2.45, 2.75) is 13.8 Å². The van der Waals surface area contributed by atoms with E-state index in [-0.39, 0.29) is 0 Å². The third-order valence-corrected chi connectivity index (χ3v) is 13.1. The molecule has 0 fully saturated rings. The molecule has 0 aliphatic rings. The van der Waals surface area contributed by atoms with Crippen LogP contribution < -0.4 is 0 Å². The normalized spacial score (nSPS) is 12.2. The van der Waals surface area contributed by atoms with Crippen LogP contribution in [0.3, 0.4) is 0 Å². The van der Waals surface area contributed by atoms with Crippen LogP contribution in [0.25, 0.3) is 110 Å². The minimum Gasteiger partial charge on any atom is -0.309 e. The number of para-hydroxylation sites is 8. The summed E-state index contributed by atoms with van der Waals surface area (Å²) in [4.78, 5) is 0. The minimum absolute atomic E-state index is 1.14. The highest BCUT2D eigenvalue weighted by molar-refractivity contribution is 6.15. The van der Waals surface area contributed by atoms with E-state index in [2.05, 4.69) is 226 Å². The molecule has 0 aliphatic heterocycles. The highest BCUT2D eigenvalue weighted by Gasteiger charge is 2.31. The van der Waals surface area contributed by atoms with Crippen molar-refractivity contribution in [2.75, 3.05) is 0 Å². The summed E-state index contributed by atoms with van der Waals surface area (Å²) in [5, 5.41) is 9.89. The molecule has 13 aromatic rings. The van der Waals surface area contributed by atoms with Gasteiger partial charge in [0.2, 0.25) is 0 Å². The number of nitrogens with zero attached hydrogens (tertiary/aromatic N) is 4. The fourth-order valence-corrected chi connectivity index (χ4v) is 10.7. The van der Waals surface area contributed by atoms with Crippen molar-refractivity contribution in [3.05, 3.63) is 205 Å². The summed E-state index contributed by atoms with van der Waals surface area (Å²) in [5.41, 5.74) is 16.5. The topological polar surface area (TPSA) is 19.7 Å². The largest absolute Gasteiger partial charge is 0.309 e. The Kier molecular flexibility index (Phi) is 6.83. The van der Waals surface area contributed by atoms with Gasteiger partial charge < -0.3 is 18.3 Å². The van der Waals surface area contributed by atoms with Gasteiger partial charge in [-0.1, -0.05) is 146 Å². The second kappa shape index (κ2) is 12.3. The molecule has 0 saturated heterocycles. The Labute approximate surface area is 346 Å². The number of hydrogen-bond donors (Lipinski definition) is 0. The molecule has 0 aliphatic carbocycles. The maximum atomic E-state index is 2.57. The minimum atomic E-state index is 1.14. The summed E-state index contributed by atoms with van der Waals surface area (Å²) in [6.45, 7) is 4.72. The van der Waals surface area contributed by atoms with Crippen LogP contribution in [-0.4, -0.2) is 18.3 Å². The second-order valence-corrected chi connectivity index (χ2v) is 16.1. The van der Waals surface area contributed by atoms with Crippen molar-refractivity contribution in [3.63, 3.8) is 0 Å². The van der Waals surface area contributed by atoms with E-state index in [0.717, 1.165) is 17.1 Å². The lowest BCUT2D eigenvalue weighted by Crippen LogP contribution is -2.16. The molecule has 0 N–H and O–H groups in total. The van der Waals surface area contributed by atoms with Crippen LogP contribution in [0.2, 0.25) is 0 Å². The molecule has 9 aromatic carbocycles. The van der Waals surface area contributed by atoms with Crippen LogP contribution in [-0.2, 0) is 0 Å². The molecule has 0 amide bonds. The maximum Gasteiger partial charge on any atom is 0.0954 e. The van der Waals surface area contributed by atoms with E-state index in [9.17, 15) is 0 Å². The molecule has 4 heteroatoms. The van der Waals surface area contributed by atoms with Crippen LogP contribution in [0.1, 0.15) is 11.1 Å². The Balaban J connectivity index is 1.37. The van der Waals surface area contributed by atoms with Gasteiger partial charge in [0.15, 0.2) is 0 Å². The summed E-state index contributed by atoms with van der Waals surface area (Å²) in [6.07, 6.45) is 0. The molecule has 0 spiro atoms. The fourth-order valence-electron chi connectivity index (χ4n) is 10.7. The monoisotopic (exact) mass is 766 g/mol. The molecule has 0 radical (unpaired) electrons. The second-order valence-electron chi connectivity index (χ2n) is 16.1. The zero-order valence-electron chi connectivity index (χ0n) is 33.3. The highest BCUT2D eigenvalue weighted by Crippen LogP contribution is 2.48. The molecule has 4 nitrogen and oxygen atoms in total. The molecule has 0 saturated carbocycles.